The number of benzene rings is 2. The first-order chi connectivity index (χ1) is 18.0. The van der Waals surface area contributed by atoms with Crippen molar-refractivity contribution in [3.05, 3.63) is 121 Å². The van der Waals surface area contributed by atoms with Crippen molar-refractivity contribution in [1.29, 1.82) is 0 Å². The monoisotopic (exact) mass is 514 g/mol. The fraction of sp³-hybridized carbons (Fsp3) is 0.143. The minimum absolute atomic E-state index is 0.107. The van der Waals surface area contributed by atoms with Gasteiger partial charge in [0.15, 0.2) is 4.80 Å². The molecule has 9 heteroatoms. The number of esters is 2. The van der Waals surface area contributed by atoms with Gasteiger partial charge in [-0.25, -0.2) is 14.6 Å². The van der Waals surface area contributed by atoms with Gasteiger partial charge >= 0.3 is 11.9 Å². The number of ether oxygens (including phenoxy) is 2. The van der Waals surface area contributed by atoms with Gasteiger partial charge in [-0.15, -0.1) is 0 Å². The van der Waals surface area contributed by atoms with Crippen molar-refractivity contribution >= 4 is 29.4 Å². The van der Waals surface area contributed by atoms with Crippen molar-refractivity contribution < 1.29 is 23.5 Å². The van der Waals surface area contributed by atoms with Crippen LogP contribution in [0, 0.1) is 0 Å². The Morgan fingerprint density at radius 2 is 1.81 bits per heavy atom. The lowest BCUT2D eigenvalue weighted by Crippen LogP contribution is -2.39. The maximum absolute atomic E-state index is 13.6. The van der Waals surface area contributed by atoms with E-state index in [1.54, 1.807) is 54.8 Å². The summed E-state index contributed by atoms with van der Waals surface area (Å²) in [5.41, 5.74) is 2.12. The minimum Gasteiger partial charge on any atom is -0.463 e. The number of furan rings is 1. The van der Waals surface area contributed by atoms with Crippen LogP contribution in [-0.4, -0.2) is 23.1 Å². The highest BCUT2D eigenvalue weighted by atomic mass is 32.1. The number of aromatic nitrogens is 1. The van der Waals surface area contributed by atoms with E-state index in [1.165, 1.54) is 23.7 Å². The quantitative estimate of drug-likeness (QED) is 0.288. The number of nitrogens with zero attached hydrogens (tertiary/aromatic N) is 2. The maximum atomic E-state index is 13.6. The predicted octanol–water partition coefficient (Wildman–Crippen LogP) is 3.61. The zero-order valence-corrected chi connectivity index (χ0v) is 20.9. The molecule has 0 saturated carbocycles. The molecule has 0 fully saturated rings. The second-order valence-corrected chi connectivity index (χ2v) is 9.16. The molecular formula is C28H22N2O6S. The lowest BCUT2D eigenvalue weighted by atomic mass is 9.96. The number of hydrogen-bond donors (Lipinski definition) is 0. The molecule has 0 amide bonds. The molecule has 3 heterocycles. The van der Waals surface area contributed by atoms with Crippen LogP contribution in [-0.2, 0) is 9.53 Å². The third-order valence-corrected chi connectivity index (χ3v) is 6.73. The smallest absolute Gasteiger partial charge is 0.379 e. The summed E-state index contributed by atoms with van der Waals surface area (Å²) in [5, 5.41) is 0. The molecule has 0 bridgehead atoms. The Labute approximate surface area is 215 Å². The van der Waals surface area contributed by atoms with E-state index in [0.717, 1.165) is 11.1 Å². The van der Waals surface area contributed by atoms with Gasteiger partial charge in [0.1, 0.15) is 5.75 Å². The fourth-order valence-corrected chi connectivity index (χ4v) is 5.12. The highest BCUT2D eigenvalue weighted by Gasteiger charge is 2.33. The SMILES string of the molecule is CCOC(=O)C1=C(C)N=c2s/c(=C/c3ccc(OC(=O)c4ccco4)cc3)c(=O)n2C1c1ccccc1. The zero-order chi connectivity index (χ0) is 25.9. The Balaban J connectivity index is 1.52. The Kier molecular flexibility index (Phi) is 6.70. The predicted molar refractivity (Wildman–Crippen MR) is 137 cm³/mol. The molecule has 5 rings (SSSR count). The van der Waals surface area contributed by atoms with Gasteiger partial charge < -0.3 is 13.9 Å². The molecule has 2 aromatic carbocycles. The van der Waals surface area contributed by atoms with E-state index >= 15 is 0 Å². The fourth-order valence-electron chi connectivity index (χ4n) is 4.08. The van der Waals surface area contributed by atoms with Gasteiger partial charge in [0.25, 0.3) is 5.56 Å². The lowest BCUT2D eigenvalue weighted by Gasteiger charge is -2.24. The molecule has 37 heavy (non-hydrogen) atoms. The molecule has 0 N–H and O–H groups in total. The largest absolute Gasteiger partial charge is 0.463 e. The van der Waals surface area contributed by atoms with Crippen molar-refractivity contribution in [2.24, 2.45) is 4.99 Å². The molecule has 0 spiro atoms. The number of thiazole rings is 1. The van der Waals surface area contributed by atoms with Gasteiger partial charge in [-0.1, -0.05) is 53.8 Å². The molecular weight excluding hydrogens is 492 g/mol. The van der Waals surface area contributed by atoms with E-state index in [-0.39, 0.29) is 17.9 Å². The van der Waals surface area contributed by atoms with Crippen LogP contribution in [0.5, 0.6) is 5.75 Å². The van der Waals surface area contributed by atoms with Crippen molar-refractivity contribution in [3.63, 3.8) is 0 Å². The first kappa shape index (κ1) is 24.2. The highest BCUT2D eigenvalue weighted by molar-refractivity contribution is 7.07. The van der Waals surface area contributed by atoms with E-state index in [9.17, 15) is 14.4 Å². The first-order valence-electron chi connectivity index (χ1n) is 11.6. The summed E-state index contributed by atoms with van der Waals surface area (Å²) in [6, 6.07) is 18.6. The topological polar surface area (TPSA) is 100 Å². The third kappa shape index (κ3) is 4.81. The highest BCUT2D eigenvalue weighted by Crippen LogP contribution is 2.30. The molecule has 1 aliphatic rings. The van der Waals surface area contributed by atoms with Crippen LogP contribution in [0.4, 0.5) is 0 Å². The van der Waals surface area contributed by atoms with Crippen molar-refractivity contribution in [1.82, 2.24) is 4.57 Å². The van der Waals surface area contributed by atoms with Gasteiger partial charge in [-0.2, -0.15) is 0 Å². The van der Waals surface area contributed by atoms with Gasteiger partial charge in [0, 0.05) is 0 Å². The zero-order valence-electron chi connectivity index (χ0n) is 20.0. The summed E-state index contributed by atoms with van der Waals surface area (Å²) in [6.45, 7) is 3.71. The van der Waals surface area contributed by atoms with Crippen LogP contribution in [0.15, 0.2) is 98.5 Å². The molecule has 2 aromatic heterocycles. The van der Waals surface area contributed by atoms with E-state index in [0.29, 0.717) is 26.4 Å². The standard InChI is InChI=1S/C28H22N2O6S/c1-3-34-27(33)23-17(2)29-28-30(24(23)19-8-5-4-6-9-19)25(31)22(37-28)16-18-11-13-20(14-12-18)36-26(32)21-10-7-15-35-21/h4-16,24H,3H2,1-2H3/b22-16+. The Morgan fingerprint density at radius 1 is 1.05 bits per heavy atom. The van der Waals surface area contributed by atoms with Crippen molar-refractivity contribution in [2.45, 2.75) is 19.9 Å². The number of rotatable bonds is 6. The van der Waals surface area contributed by atoms with E-state index < -0.39 is 18.0 Å². The summed E-state index contributed by atoms with van der Waals surface area (Å²) in [6.07, 6.45) is 3.14. The van der Waals surface area contributed by atoms with Crippen LogP contribution in [0.3, 0.4) is 0 Å². The van der Waals surface area contributed by atoms with Crippen molar-refractivity contribution in [2.75, 3.05) is 6.61 Å². The second-order valence-electron chi connectivity index (χ2n) is 8.15. The van der Waals surface area contributed by atoms with E-state index in [1.807, 2.05) is 30.3 Å². The van der Waals surface area contributed by atoms with E-state index in [2.05, 4.69) is 4.99 Å². The maximum Gasteiger partial charge on any atom is 0.379 e. The number of hydrogen-bond acceptors (Lipinski definition) is 8. The molecule has 186 valence electrons. The molecule has 1 atom stereocenters. The molecule has 0 radical (unpaired) electrons. The number of carbonyl (C=O) groups excluding carboxylic acids is 2. The number of allylic oxidation sites excluding steroid dienone is 1. The van der Waals surface area contributed by atoms with Crippen LogP contribution < -0.4 is 19.6 Å². The Bertz CT molecular complexity index is 1660. The average Bonchev–Trinajstić information content (AvgIpc) is 3.54. The average molecular weight is 515 g/mol. The number of fused-ring (bicyclic) bond motifs is 1. The third-order valence-electron chi connectivity index (χ3n) is 5.74. The summed E-state index contributed by atoms with van der Waals surface area (Å²) in [4.78, 5) is 43.7. The first-order valence-corrected chi connectivity index (χ1v) is 12.4. The summed E-state index contributed by atoms with van der Waals surface area (Å²) in [7, 11) is 0. The van der Waals surface area contributed by atoms with Gasteiger partial charge in [0.2, 0.25) is 5.76 Å². The van der Waals surface area contributed by atoms with Crippen LogP contribution >= 0.6 is 11.3 Å². The Hall–Kier alpha value is -4.50. The molecule has 8 nitrogen and oxygen atoms in total. The lowest BCUT2D eigenvalue weighted by molar-refractivity contribution is -0.139. The minimum atomic E-state index is -0.651. The van der Waals surface area contributed by atoms with E-state index in [4.69, 9.17) is 13.9 Å². The molecule has 4 aromatic rings. The van der Waals surface area contributed by atoms with Crippen LogP contribution in [0.25, 0.3) is 6.08 Å². The normalized spacial score (nSPS) is 15.2. The van der Waals surface area contributed by atoms with Crippen LogP contribution in [0.1, 0.15) is 41.6 Å². The summed E-state index contributed by atoms with van der Waals surface area (Å²) < 4.78 is 17.7. The number of carbonyl (C=O) groups is 2. The van der Waals surface area contributed by atoms with Gasteiger partial charge in [0.05, 0.1) is 34.7 Å². The molecule has 0 saturated heterocycles. The second kappa shape index (κ2) is 10.2. The molecule has 1 aliphatic heterocycles. The van der Waals surface area contributed by atoms with Crippen LogP contribution in [0.2, 0.25) is 0 Å². The Morgan fingerprint density at radius 3 is 2.49 bits per heavy atom. The molecule has 1 unspecified atom stereocenters. The van der Waals surface area contributed by atoms with Gasteiger partial charge in [-0.3, -0.25) is 9.36 Å². The molecule has 0 aliphatic carbocycles. The van der Waals surface area contributed by atoms with Gasteiger partial charge in [-0.05, 0) is 55.3 Å². The summed E-state index contributed by atoms with van der Waals surface area (Å²) >= 11 is 1.24. The van der Waals surface area contributed by atoms with Crippen molar-refractivity contribution in [3.8, 4) is 5.75 Å². The summed E-state index contributed by atoms with van der Waals surface area (Å²) in [5.74, 6) is -0.638.